The average Bonchev–Trinajstić information content (AvgIpc) is 2.42. The summed E-state index contributed by atoms with van der Waals surface area (Å²) in [4.78, 5) is 45.7. The molecule has 140 valence electrons. The molecule has 0 bridgehead atoms. The van der Waals surface area contributed by atoms with E-state index < -0.39 is 54.6 Å². The predicted octanol–water partition coefficient (Wildman–Crippen LogP) is 0.646. The third-order valence-electron chi connectivity index (χ3n) is 3.17. The van der Waals surface area contributed by atoms with E-state index in [1.165, 1.54) is 6.92 Å². The number of hydrogen-bond donors (Lipinski definition) is 0. The summed E-state index contributed by atoms with van der Waals surface area (Å²) in [7, 11) is 0. The quantitative estimate of drug-likeness (QED) is 0.397. The molecule has 1 aliphatic rings. The van der Waals surface area contributed by atoms with E-state index in [1.54, 1.807) is 6.92 Å². The van der Waals surface area contributed by atoms with E-state index in [1.807, 2.05) is 0 Å². The highest BCUT2D eigenvalue weighted by Crippen LogP contribution is 2.32. The molecule has 1 rings (SSSR count). The molecule has 0 aromatic rings. The summed E-state index contributed by atoms with van der Waals surface area (Å²) in [5.41, 5.74) is 0.432. The molecule has 0 N–H and O–H groups in total. The largest absolute Gasteiger partial charge is 0.455 e. The normalized spacial score (nSPS) is 28.4. The van der Waals surface area contributed by atoms with Gasteiger partial charge in [0.05, 0.1) is 0 Å². The summed E-state index contributed by atoms with van der Waals surface area (Å²) in [6.45, 7) is 9.92. The number of hydrogen-bond acceptors (Lipinski definition) is 9. The van der Waals surface area contributed by atoms with Crippen LogP contribution in [-0.4, -0.2) is 54.6 Å². The first-order valence-corrected chi connectivity index (χ1v) is 7.52. The minimum absolute atomic E-state index is 0.432. The topological polar surface area (TPSA) is 114 Å². The number of carbonyl (C=O) groups excluding carboxylic acids is 4. The maximum atomic E-state index is 11.5. The zero-order chi connectivity index (χ0) is 19.3. The molecule has 0 aliphatic carbocycles. The van der Waals surface area contributed by atoms with E-state index in [9.17, 15) is 19.2 Å². The van der Waals surface area contributed by atoms with Crippen LogP contribution in [0.5, 0.6) is 0 Å². The second-order valence-electron chi connectivity index (χ2n) is 5.60. The molecule has 1 fully saturated rings. The van der Waals surface area contributed by atoms with Crippen molar-refractivity contribution in [1.82, 2.24) is 0 Å². The third kappa shape index (κ3) is 5.86. The smallest absolute Gasteiger partial charge is 0.305 e. The van der Waals surface area contributed by atoms with Gasteiger partial charge in [-0.1, -0.05) is 6.58 Å². The minimum Gasteiger partial charge on any atom is -0.455 e. The van der Waals surface area contributed by atoms with Crippen LogP contribution in [0, 0.1) is 0 Å². The first kappa shape index (κ1) is 20.6. The standard InChI is InChI=1S/C16H22O9/c1-7(2)12-13(21-8(3)17)14(22-9(4)18)15(23-10(5)19)16(25-12)24-11(6)20/h12-16H,1H2,2-6H3/t12?,13-,14-,15+,16?/m1/s1. The van der Waals surface area contributed by atoms with Gasteiger partial charge in [-0.3, -0.25) is 19.2 Å². The van der Waals surface area contributed by atoms with Gasteiger partial charge in [-0.2, -0.15) is 0 Å². The van der Waals surface area contributed by atoms with Gasteiger partial charge in [-0.15, -0.1) is 0 Å². The number of carbonyl (C=O) groups is 4. The van der Waals surface area contributed by atoms with Crippen molar-refractivity contribution in [3.63, 3.8) is 0 Å². The average molecular weight is 358 g/mol. The van der Waals surface area contributed by atoms with E-state index in [4.69, 9.17) is 23.7 Å². The third-order valence-corrected chi connectivity index (χ3v) is 3.17. The second kappa shape index (κ2) is 8.61. The molecule has 0 aromatic carbocycles. The second-order valence-corrected chi connectivity index (χ2v) is 5.60. The highest BCUT2D eigenvalue weighted by Gasteiger charge is 2.53. The zero-order valence-electron chi connectivity index (χ0n) is 14.8. The molecule has 25 heavy (non-hydrogen) atoms. The lowest BCUT2D eigenvalue weighted by atomic mass is 9.94. The van der Waals surface area contributed by atoms with E-state index in [2.05, 4.69) is 6.58 Å². The maximum Gasteiger partial charge on any atom is 0.305 e. The Bertz CT molecular complexity index is 568. The van der Waals surface area contributed by atoms with Crippen LogP contribution in [0.2, 0.25) is 0 Å². The van der Waals surface area contributed by atoms with E-state index in [0.717, 1.165) is 20.8 Å². The molecular weight excluding hydrogens is 336 g/mol. The van der Waals surface area contributed by atoms with Crippen LogP contribution in [-0.2, 0) is 42.9 Å². The minimum atomic E-state index is -1.36. The van der Waals surface area contributed by atoms with Crippen molar-refractivity contribution in [1.29, 1.82) is 0 Å². The monoisotopic (exact) mass is 358 g/mol. The van der Waals surface area contributed by atoms with Crippen molar-refractivity contribution >= 4 is 23.9 Å². The fourth-order valence-electron chi connectivity index (χ4n) is 2.43. The Morgan fingerprint density at radius 1 is 0.680 bits per heavy atom. The van der Waals surface area contributed by atoms with Crippen molar-refractivity contribution in [2.24, 2.45) is 0 Å². The van der Waals surface area contributed by atoms with Crippen LogP contribution >= 0.6 is 0 Å². The van der Waals surface area contributed by atoms with Crippen molar-refractivity contribution in [3.8, 4) is 0 Å². The van der Waals surface area contributed by atoms with Gasteiger partial charge in [0.25, 0.3) is 0 Å². The lowest BCUT2D eigenvalue weighted by Crippen LogP contribution is -2.62. The fourth-order valence-corrected chi connectivity index (χ4v) is 2.43. The maximum absolute atomic E-state index is 11.5. The lowest BCUT2D eigenvalue weighted by Gasteiger charge is -2.44. The van der Waals surface area contributed by atoms with Crippen molar-refractivity contribution in [2.75, 3.05) is 0 Å². The van der Waals surface area contributed by atoms with Gasteiger partial charge in [-0.25, -0.2) is 0 Å². The molecule has 0 radical (unpaired) electrons. The zero-order valence-corrected chi connectivity index (χ0v) is 14.8. The Labute approximate surface area is 145 Å². The molecule has 0 amide bonds. The first-order chi connectivity index (χ1) is 11.5. The van der Waals surface area contributed by atoms with Crippen LogP contribution in [0.25, 0.3) is 0 Å². The summed E-state index contributed by atoms with van der Waals surface area (Å²) in [6.07, 6.45) is -5.99. The van der Waals surface area contributed by atoms with Gasteiger partial charge >= 0.3 is 23.9 Å². The molecule has 2 unspecified atom stereocenters. The molecule has 1 heterocycles. The molecule has 9 nitrogen and oxygen atoms in total. The Hall–Kier alpha value is -2.42. The van der Waals surface area contributed by atoms with Gasteiger partial charge in [-0.05, 0) is 12.5 Å². The van der Waals surface area contributed by atoms with Crippen LogP contribution in [0.4, 0.5) is 0 Å². The molecule has 0 saturated carbocycles. The van der Waals surface area contributed by atoms with Gasteiger partial charge in [0.2, 0.25) is 12.4 Å². The van der Waals surface area contributed by atoms with Crippen LogP contribution in [0.1, 0.15) is 34.6 Å². The first-order valence-electron chi connectivity index (χ1n) is 7.52. The summed E-state index contributed by atoms with van der Waals surface area (Å²) < 4.78 is 26.2. The molecule has 5 atom stereocenters. The summed E-state index contributed by atoms with van der Waals surface area (Å²) in [5, 5.41) is 0. The van der Waals surface area contributed by atoms with Gasteiger partial charge in [0.1, 0.15) is 6.10 Å². The molecule has 1 aliphatic heterocycles. The molecular formula is C16H22O9. The Morgan fingerprint density at radius 3 is 1.48 bits per heavy atom. The fraction of sp³-hybridized carbons (Fsp3) is 0.625. The van der Waals surface area contributed by atoms with Gasteiger partial charge in [0.15, 0.2) is 12.2 Å². The van der Waals surface area contributed by atoms with Crippen molar-refractivity contribution < 1.29 is 42.9 Å². The van der Waals surface area contributed by atoms with E-state index in [0.29, 0.717) is 5.57 Å². The molecule has 9 heteroatoms. The van der Waals surface area contributed by atoms with Crippen LogP contribution < -0.4 is 0 Å². The number of ether oxygens (including phenoxy) is 5. The van der Waals surface area contributed by atoms with Crippen molar-refractivity contribution in [3.05, 3.63) is 12.2 Å². The Kier molecular flexibility index (Phi) is 7.10. The Morgan fingerprint density at radius 2 is 1.08 bits per heavy atom. The van der Waals surface area contributed by atoms with E-state index >= 15 is 0 Å². The highest BCUT2D eigenvalue weighted by atomic mass is 16.7. The summed E-state index contributed by atoms with van der Waals surface area (Å²) in [5.74, 6) is -2.79. The number of esters is 4. The molecule has 1 saturated heterocycles. The summed E-state index contributed by atoms with van der Waals surface area (Å²) in [6, 6.07) is 0. The van der Waals surface area contributed by atoms with E-state index in [-0.39, 0.29) is 0 Å². The SMILES string of the molecule is C=C(C)C1OC(OC(C)=O)[C@@H](OC(C)=O)[C@H](OC(C)=O)[C@@H]1OC(C)=O. The summed E-state index contributed by atoms with van der Waals surface area (Å²) >= 11 is 0. The lowest BCUT2D eigenvalue weighted by molar-refractivity contribution is -0.289. The molecule has 0 spiro atoms. The predicted molar refractivity (Wildman–Crippen MR) is 81.9 cm³/mol. The van der Waals surface area contributed by atoms with Crippen LogP contribution in [0.15, 0.2) is 12.2 Å². The number of rotatable bonds is 5. The Balaban J connectivity index is 3.33. The molecule has 0 aromatic heterocycles. The van der Waals surface area contributed by atoms with Gasteiger partial charge in [0, 0.05) is 27.7 Å². The van der Waals surface area contributed by atoms with Crippen molar-refractivity contribution in [2.45, 2.75) is 65.3 Å². The highest BCUT2D eigenvalue weighted by molar-refractivity contribution is 5.69. The van der Waals surface area contributed by atoms with Crippen LogP contribution in [0.3, 0.4) is 0 Å². The van der Waals surface area contributed by atoms with Gasteiger partial charge < -0.3 is 23.7 Å².